The fraction of sp³-hybridized carbons (Fsp3) is 0.417. The molecule has 0 aliphatic rings. The van der Waals surface area contributed by atoms with E-state index >= 15 is 0 Å². The van der Waals surface area contributed by atoms with Crippen molar-refractivity contribution >= 4 is 17.4 Å². The Labute approximate surface area is 111 Å². The van der Waals surface area contributed by atoms with Crippen molar-refractivity contribution < 1.29 is 0 Å². The number of aromatic nitrogens is 4. The van der Waals surface area contributed by atoms with E-state index in [9.17, 15) is 0 Å². The summed E-state index contributed by atoms with van der Waals surface area (Å²) in [5.41, 5.74) is 3.26. The van der Waals surface area contributed by atoms with E-state index in [0.717, 1.165) is 36.6 Å². The molecular weight excluding hydrogens is 250 g/mol. The number of H-pyrrole nitrogens is 1. The lowest BCUT2D eigenvalue weighted by atomic mass is 10.1. The maximum Gasteiger partial charge on any atom is 0.224 e. The summed E-state index contributed by atoms with van der Waals surface area (Å²) in [5.74, 6) is 0.774. The fourth-order valence-corrected chi connectivity index (χ4v) is 1.97. The molecule has 6 heteroatoms. The summed E-state index contributed by atoms with van der Waals surface area (Å²) in [5, 5.41) is 10.5. The summed E-state index contributed by atoms with van der Waals surface area (Å²) >= 11 is 5.79. The first-order valence-corrected chi connectivity index (χ1v) is 6.27. The predicted octanol–water partition coefficient (Wildman–Crippen LogP) is 2.51. The van der Waals surface area contributed by atoms with Crippen LogP contribution in [0, 0.1) is 13.8 Å². The molecule has 0 atom stereocenters. The highest BCUT2D eigenvalue weighted by atomic mass is 35.5. The topological polar surface area (TPSA) is 66.5 Å². The number of rotatable bonds is 5. The lowest BCUT2D eigenvalue weighted by molar-refractivity contribution is 0.852. The zero-order valence-electron chi connectivity index (χ0n) is 10.5. The van der Waals surface area contributed by atoms with Gasteiger partial charge in [0.05, 0.1) is 6.20 Å². The Morgan fingerprint density at radius 3 is 2.83 bits per heavy atom. The second kappa shape index (κ2) is 5.82. The molecule has 0 aromatic carbocycles. The van der Waals surface area contributed by atoms with Gasteiger partial charge < -0.3 is 5.32 Å². The third kappa shape index (κ3) is 3.43. The van der Waals surface area contributed by atoms with E-state index < -0.39 is 0 Å². The van der Waals surface area contributed by atoms with Gasteiger partial charge in [0.2, 0.25) is 5.28 Å². The van der Waals surface area contributed by atoms with Crippen LogP contribution in [0.3, 0.4) is 0 Å². The molecule has 2 aromatic heterocycles. The maximum atomic E-state index is 5.79. The van der Waals surface area contributed by atoms with Gasteiger partial charge >= 0.3 is 0 Å². The first-order chi connectivity index (χ1) is 8.65. The second-order valence-electron chi connectivity index (χ2n) is 4.21. The third-order valence-electron chi connectivity index (χ3n) is 2.69. The highest BCUT2D eigenvalue weighted by Gasteiger charge is 2.01. The lowest BCUT2D eigenvalue weighted by Gasteiger charge is -2.06. The summed E-state index contributed by atoms with van der Waals surface area (Å²) in [6.45, 7) is 4.77. The molecule has 2 N–H and O–H groups in total. The standard InChI is InChI=1S/C12H16ClN5/c1-8-6-11(17-12(13)16-8)14-5-3-4-10-7-15-18-9(10)2/h6-7H,3-5H2,1-2H3,(H,15,18)(H,14,16,17). The summed E-state index contributed by atoms with van der Waals surface area (Å²) in [7, 11) is 0. The Morgan fingerprint density at radius 2 is 2.17 bits per heavy atom. The minimum atomic E-state index is 0.281. The van der Waals surface area contributed by atoms with Crippen molar-refractivity contribution in [3.63, 3.8) is 0 Å². The van der Waals surface area contributed by atoms with Crippen LogP contribution in [0.15, 0.2) is 12.3 Å². The molecule has 2 aromatic rings. The maximum absolute atomic E-state index is 5.79. The monoisotopic (exact) mass is 265 g/mol. The average Bonchev–Trinajstić information content (AvgIpc) is 2.69. The zero-order valence-corrected chi connectivity index (χ0v) is 11.3. The van der Waals surface area contributed by atoms with Crippen molar-refractivity contribution in [2.75, 3.05) is 11.9 Å². The molecule has 0 spiro atoms. The molecule has 18 heavy (non-hydrogen) atoms. The Bertz CT molecular complexity index is 503. The fourth-order valence-electron chi connectivity index (χ4n) is 1.75. The number of aryl methyl sites for hydroxylation is 3. The summed E-state index contributed by atoms with van der Waals surface area (Å²) in [6, 6.07) is 1.88. The van der Waals surface area contributed by atoms with Crippen LogP contribution in [-0.4, -0.2) is 26.7 Å². The van der Waals surface area contributed by atoms with Crippen molar-refractivity contribution in [3.8, 4) is 0 Å². The first-order valence-electron chi connectivity index (χ1n) is 5.89. The molecule has 0 unspecified atom stereocenters. The molecule has 5 nitrogen and oxygen atoms in total. The SMILES string of the molecule is Cc1cc(NCCCc2cn[nH]c2C)nc(Cl)n1. The zero-order chi connectivity index (χ0) is 13.0. The summed E-state index contributed by atoms with van der Waals surface area (Å²) in [4.78, 5) is 8.13. The van der Waals surface area contributed by atoms with Crippen molar-refractivity contribution in [2.24, 2.45) is 0 Å². The minimum absolute atomic E-state index is 0.281. The summed E-state index contributed by atoms with van der Waals surface area (Å²) < 4.78 is 0. The number of aromatic amines is 1. The quantitative estimate of drug-likeness (QED) is 0.644. The van der Waals surface area contributed by atoms with E-state index in [1.54, 1.807) is 0 Å². The van der Waals surface area contributed by atoms with Crippen LogP contribution in [0.1, 0.15) is 23.4 Å². The van der Waals surface area contributed by atoms with E-state index in [-0.39, 0.29) is 5.28 Å². The van der Waals surface area contributed by atoms with Crippen LogP contribution >= 0.6 is 11.6 Å². The third-order valence-corrected chi connectivity index (χ3v) is 2.86. The number of anilines is 1. The molecule has 2 heterocycles. The molecule has 0 fully saturated rings. The molecule has 0 amide bonds. The number of hydrogen-bond acceptors (Lipinski definition) is 4. The lowest BCUT2D eigenvalue weighted by Crippen LogP contribution is -2.05. The van der Waals surface area contributed by atoms with Crippen LogP contribution < -0.4 is 5.32 Å². The van der Waals surface area contributed by atoms with Gasteiger partial charge in [0.15, 0.2) is 0 Å². The Balaban J connectivity index is 1.80. The van der Waals surface area contributed by atoms with Gasteiger partial charge in [-0.25, -0.2) is 9.97 Å². The minimum Gasteiger partial charge on any atom is -0.370 e. The van der Waals surface area contributed by atoms with Crippen molar-refractivity contribution in [1.29, 1.82) is 0 Å². The number of nitrogens with zero attached hydrogens (tertiary/aromatic N) is 3. The van der Waals surface area contributed by atoms with E-state index in [0.29, 0.717) is 0 Å². The van der Waals surface area contributed by atoms with Gasteiger partial charge in [-0.1, -0.05) is 0 Å². The average molecular weight is 266 g/mol. The Morgan fingerprint density at radius 1 is 1.33 bits per heavy atom. The highest BCUT2D eigenvalue weighted by Crippen LogP contribution is 2.10. The summed E-state index contributed by atoms with van der Waals surface area (Å²) in [6.07, 6.45) is 3.88. The highest BCUT2D eigenvalue weighted by molar-refractivity contribution is 6.28. The normalized spacial score (nSPS) is 10.6. The molecular formula is C12H16ClN5. The van der Waals surface area contributed by atoms with Gasteiger partial charge in [-0.05, 0) is 43.9 Å². The predicted molar refractivity (Wildman–Crippen MR) is 71.9 cm³/mol. The molecule has 0 bridgehead atoms. The van der Waals surface area contributed by atoms with Gasteiger partial charge in [-0.15, -0.1) is 0 Å². The van der Waals surface area contributed by atoms with Crippen molar-refractivity contribution in [1.82, 2.24) is 20.2 Å². The van der Waals surface area contributed by atoms with Gasteiger partial charge in [0.25, 0.3) is 0 Å². The van der Waals surface area contributed by atoms with E-state index in [1.165, 1.54) is 5.56 Å². The molecule has 0 aliphatic carbocycles. The Kier molecular flexibility index (Phi) is 4.15. The van der Waals surface area contributed by atoms with Gasteiger partial charge in [-0.3, -0.25) is 5.10 Å². The second-order valence-corrected chi connectivity index (χ2v) is 4.55. The molecule has 0 saturated heterocycles. The van der Waals surface area contributed by atoms with Gasteiger partial charge in [0, 0.05) is 24.0 Å². The van der Waals surface area contributed by atoms with Crippen LogP contribution in [0.4, 0.5) is 5.82 Å². The molecule has 0 radical (unpaired) electrons. The van der Waals surface area contributed by atoms with Crippen LogP contribution in [0.2, 0.25) is 5.28 Å². The van der Waals surface area contributed by atoms with Crippen molar-refractivity contribution in [2.45, 2.75) is 26.7 Å². The van der Waals surface area contributed by atoms with E-state index in [2.05, 4.69) is 25.5 Å². The first kappa shape index (κ1) is 12.8. The number of halogens is 1. The number of hydrogen-bond donors (Lipinski definition) is 2. The van der Waals surface area contributed by atoms with Gasteiger partial charge in [0.1, 0.15) is 5.82 Å². The molecule has 2 rings (SSSR count). The Hall–Kier alpha value is -1.62. The smallest absolute Gasteiger partial charge is 0.224 e. The number of nitrogens with one attached hydrogen (secondary N) is 2. The van der Waals surface area contributed by atoms with Crippen LogP contribution in [-0.2, 0) is 6.42 Å². The van der Waals surface area contributed by atoms with E-state index in [1.807, 2.05) is 26.1 Å². The molecule has 96 valence electrons. The molecule has 0 saturated carbocycles. The van der Waals surface area contributed by atoms with Crippen LogP contribution in [0.5, 0.6) is 0 Å². The van der Waals surface area contributed by atoms with E-state index in [4.69, 9.17) is 11.6 Å². The largest absolute Gasteiger partial charge is 0.370 e. The molecule has 0 aliphatic heterocycles. The van der Waals surface area contributed by atoms with Gasteiger partial charge in [-0.2, -0.15) is 5.10 Å². The van der Waals surface area contributed by atoms with Crippen LogP contribution in [0.25, 0.3) is 0 Å². The van der Waals surface area contributed by atoms with Crippen molar-refractivity contribution in [3.05, 3.63) is 34.5 Å².